The normalized spacial score (nSPS) is 15.4. The molecule has 0 bridgehead atoms. The number of carbonyl (C=O) groups is 1. The third kappa shape index (κ3) is 3.80. The standard InChI is InChI=1S/C17H18Cl2N4O/c1-22-7-9-23(10-8-22)15-5-4-12(11-14(15)18)21-17(24)13-3-2-6-20-16(13)19/h2-6,11H,7-10H2,1H3,(H,21,24). The molecule has 126 valence electrons. The fraction of sp³-hybridized carbons (Fsp3) is 0.294. The Hall–Kier alpha value is -1.82. The molecule has 1 aliphatic rings. The smallest absolute Gasteiger partial charge is 0.258 e. The van der Waals surface area contributed by atoms with Crippen molar-refractivity contribution in [3.63, 3.8) is 0 Å². The number of piperazine rings is 1. The predicted molar refractivity (Wildman–Crippen MR) is 98.4 cm³/mol. The van der Waals surface area contributed by atoms with E-state index in [1.165, 1.54) is 0 Å². The molecule has 1 aromatic heterocycles. The lowest BCUT2D eigenvalue weighted by Crippen LogP contribution is -2.44. The van der Waals surface area contributed by atoms with Gasteiger partial charge in [-0.3, -0.25) is 4.79 Å². The Bertz CT molecular complexity index is 745. The first-order chi connectivity index (χ1) is 11.5. The van der Waals surface area contributed by atoms with Crippen LogP contribution in [-0.2, 0) is 0 Å². The highest BCUT2D eigenvalue weighted by Crippen LogP contribution is 2.30. The van der Waals surface area contributed by atoms with E-state index in [0.717, 1.165) is 31.9 Å². The number of nitrogens with zero attached hydrogens (tertiary/aromatic N) is 3. The minimum absolute atomic E-state index is 0.176. The van der Waals surface area contributed by atoms with E-state index >= 15 is 0 Å². The molecule has 2 aromatic rings. The SMILES string of the molecule is CN1CCN(c2ccc(NC(=O)c3cccnc3Cl)cc2Cl)CC1. The van der Waals surface area contributed by atoms with Crippen LogP contribution in [0, 0.1) is 0 Å². The second-order valence-electron chi connectivity index (χ2n) is 5.75. The zero-order valence-electron chi connectivity index (χ0n) is 13.3. The largest absolute Gasteiger partial charge is 0.368 e. The number of hydrogen-bond acceptors (Lipinski definition) is 4. The second-order valence-corrected chi connectivity index (χ2v) is 6.52. The molecule has 0 unspecified atom stereocenters. The van der Waals surface area contributed by atoms with Gasteiger partial charge < -0.3 is 15.1 Å². The van der Waals surface area contributed by atoms with Gasteiger partial charge in [-0.25, -0.2) is 4.98 Å². The number of amides is 1. The van der Waals surface area contributed by atoms with Crippen LogP contribution in [-0.4, -0.2) is 49.0 Å². The molecule has 24 heavy (non-hydrogen) atoms. The van der Waals surface area contributed by atoms with Crippen molar-refractivity contribution in [2.75, 3.05) is 43.4 Å². The zero-order chi connectivity index (χ0) is 17.1. The molecule has 0 spiro atoms. The number of hydrogen-bond donors (Lipinski definition) is 1. The van der Waals surface area contributed by atoms with Gasteiger partial charge in [0.1, 0.15) is 5.15 Å². The summed E-state index contributed by atoms with van der Waals surface area (Å²) in [5.41, 5.74) is 1.95. The van der Waals surface area contributed by atoms with E-state index in [4.69, 9.17) is 23.2 Å². The zero-order valence-corrected chi connectivity index (χ0v) is 14.8. The monoisotopic (exact) mass is 364 g/mol. The Labute approximate surface area is 151 Å². The Balaban J connectivity index is 1.73. The van der Waals surface area contributed by atoms with Crippen molar-refractivity contribution in [2.45, 2.75) is 0 Å². The number of halogens is 2. The van der Waals surface area contributed by atoms with Gasteiger partial charge in [0.25, 0.3) is 5.91 Å². The number of anilines is 2. The minimum atomic E-state index is -0.309. The number of rotatable bonds is 3. The number of likely N-dealkylation sites (N-methyl/N-ethyl adjacent to an activating group) is 1. The highest BCUT2D eigenvalue weighted by atomic mass is 35.5. The van der Waals surface area contributed by atoms with Crippen molar-refractivity contribution >= 4 is 40.5 Å². The quantitative estimate of drug-likeness (QED) is 0.848. The van der Waals surface area contributed by atoms with Crippen LogP contribution in [0.2, 0.25) is 10.2 Å². The van der Waals surface area contributed by atoms with Gasteiger partial charge in [-0.2, -0.15) is 0 Å². The molecule has 1 aromatic carbocycles. The van der Waals surface area contributed by atoms with Gasteiger partial charge in [0, 0.05) is 38.1 Å². The summed E-state index contributed by atoms with van der Waals surface area (Å²) in [4.78, 5) is 20.7. The first kappa shape index (κ1) is 17.0. The third-order valence-electron chi connectivity index (χ3n) is 4.05. The van der Waals surface area contributed by atoms with Crippen molar-refractivity contribution in [1.82, 2.24) is 9.88 Å². The highest BCUT2D eigenvalue weighted by Gasteiger charge is 2.17. The lowest BCUT2D eigenvalue weighted by atomic mass is 10.2. The van der Waals surface area contributed by atoms with E-state index in [1.54, 1.807) is 24.4 Å². The Morgan fingerprint density at radius 2 is 1.92 bits per heavy atom. The van der Waals surface area contributed by atoms with Crippen molar-refractivity contribution in [1.29, 1.82) is 0 Å². The number of nitrogens with one attached hydrogen (secondary N) is 1. The molecule has 5 nitrogen and oxygen atoms in total. The maximum atomic E-state index is 12.3. The van der Waals surface area contributed by atoms with Crippen LogP contribution in [0.25, 0.3) is 0 Å². The molecule has 1 amide bonds. The maximum absolute atomic E-state index is 12.3. The van der Waals surface area contributed by atoms with E-state index in [1.807, 2.05) is 12.1 Å². The van der Waals surface area contributed by atoms with Gasteiger partial charge in [0.05, 0.1) is 16.3 Å². The summed E-state index contributed by atoms with van der Waals surface area (Å²) < 4.78 is 0. The fourth-order valence-corrected chi connectivity index (χ4v) is 3.15. The maximum Gasteiger partial charge on any atom is 0.258 e. The molecule has 7 heteroatoms. The first-order valence-corrected chi connectivity index (χ1v) is 8.45. The van der Waals surface area contributed by atoms with Crippen molar-refractivity contribution in [3.05, 3.63) is 52.3 Å². The van der Waals surface area contributed by atoms with Gasteiger partial charge in [0.15, 0.2) is 0 Å². The summed E-state index contributed by atoms with van der Waals surface area (Å²) in [6.07, 6.45) is 1.54. The lowest BCUT2D eigenvalue weighted by Gasteiger charge is -2.34. The molecule has 3 rings (SSSR count). The number of aromatic nitrogens is 1. The van der Waals surface area contributed by atoms with Crippen molar-refractivity contribution in [2.24, 2.45) is 0 Å². The molecule has 1 aliphatic heterocycles. The van der Waals surface area contributed by atoms with Crippen LogP contribution in [0.1, 0.15) is 10.4 Å². The third-order valence-corrected chi connectivity index (χ3v) is 4.66. The topological polar surface area (TPSA) is 48.5 Å². The highest BCUT2D eigenvalue weighted by molar-refractivity contribution is 6.34. The van der Waals surface area contributed by atoms with E-state index in [-0.39, 0.29) is 11.1 Å². The van der Waals surface area contributed by atoms with Gasteiger partial charge in [-0.05, 0) is 37.4 Å². The summed E-state index contributed by atoms with van der Waals surface area (Å²) in [6.45, 7) is 3.89. The molecule has 1 fully saturated rings. The van der Waals surface area contributed by atoms with Gasteiger partial charge >= 0.3 is 0 Å². The summed E-state index contributed by atoms with van der Waals surface area (Å²) in [6, 6.07) is 8.85. The number of benzene rings is 1. The van der Waals surface area contributed by atoms with Gasteiger partial charge in [-0.1, -0.05) is 23.2 Å². The van der Waals surface area contributed by atoms with E-state index < -0.39 is 0 Å². The van der Waals surface area contributed by atoms with Crippen LogP contribution in [0.4, 0.5) is 11.4 Å². The summed E-state index contributed by atoms with van der Waals surface area (Å²) in [7, 11) is 2.11. The van der Waals surface area contributed by atoms with Gasteiger partial charge in [0.2, 0.25) is 0 Å². The first-order valence-electron chi connectivity index (χ1n) is 7.69. The van der Waals surface area contributed by atoms with E-state index in [9.17, 15) is 4.79 Å². The fourth-order valence-electron chi connectivity index (χ4n) is 2.64. The Morgan fingerprint density at radius 3 is 2.58 bits per heavy atom. The lowest BCUT2D eigenvalue weighted by molar-refractivity contribution is 0.102. The summed E-state index contributed by atoms with van der Waals surface area (Å²) >= 11 is 12.4. The molecule has 0 radical (unpaired) electrons. The van der Waals surface area contributed by atoms with Crippen molar-refractivity contribution in [3.8, 4) is 0 Å². The summed E-state index contributed by atoms with van der Waals surface area (Å²) in [5, 5.41) is 3.60. The van der Waals surface area contributed by atoms with Gasteiger partial charge in [-0.15, -0.1) is 0 Å². The molecule has 2 heterocycles. The average molecular weight is 365 g/mol. The number of pyridine rings is 1. The van der Waals surface area contributed by atoms with Crippen LogP contribution in [0.5, 0.6) is 0 Å². The average Bonchev–Trinajstić information content (AvgIpc) is 2.56. The molecule has 1 N–H and O–H groups in total. The Morgan fingerprint density at radius 1 is 1.17 bits per heavy atom. The molecular formula is C17H18Cl2N4O. The molecule has 0 atom stereocenters. The van der Waals surface area contributed by atoms with E-state index in [0.29, 0.717) is 16.3 Å². The predicted octanol–water partition coefficient (Wildman–Crippen LogP) is 3.39. The molecular weight excluding hydrogens is 347 g/mol. The minimum Gasteiger partial charge on any atom is -0.368 e. The molecule has 1 saturated heterocycles. The van der Waals surface area contributed by atoms with Crippen LogP contribution in [0.3, 0.4) is 0 Å². The summed E-state index contributed by atoms with van der Waals surface area (Å²) in [5.74, 6) is -0.309. The second kappa shape index (κ2) is 7.38. The number of carbonyl (C=O) groups excluding carboxylic acids is 1. The molecule has 0 saturated carbocycles. The van der Waals surface area contributed by atoms with Crippen molar-refractivity contribution < 1.29 is 4.79 Å². The van der Waals surface area contributed by atoms with Crippen LogP contribution >= 0.6 is 23.2 Å². The molecule has 0 aliphatic carbocycles. The Kier molecular flexibility index (Phi) is 5.23. The van der Waals surface area contributed by atoms with E-state index in [2.05, 4.69) is 27.1 Å². The van der Waals surface area contributed by atoms with Crippen LogP contribution in [0.15, 0.2) is 36.5 Å². The van der Waals surface area contributed by atoms with Crippen LogP contribution < -0.4 is 10.2 Å².